The molecule has 0 saturated heterocycles. The van der Waals surface area contributed by atoms with Crippen LogP contribution < -0.4 is 10.1 Å². The number of fused-ring (bicyclic) bond motifs is 1. The van der Waals surface area contributed by atoms with Gasteiger partial charge in [-0.05, 0) is 81.0 Å². The van der Waals surface area contributed by atoms with Gasteiger partial charge >= 0.3 is 5.97 Å². The fraction of sp³-hybridized carbons (Fsp3) is 0.452. The van der Waals surface area contributed by atoms with E-state index in [4.69, 9.17) is 9.15 Å². The van der Waals surface area contributed by atoms with E-state index < -0.39 is 22.8 Å². The quantitative estimate of drug-likeness (QED) is 0.300. The fourth-order valence-electron chi connectivity index (χ4n) is 4.14. The number of carboxylic acid groups (broad SMARTS) is 1. The van der Waals surface area contributed by atoms with Crippen molar-refractivity contribution in [3.63, 3.8) is 0 Å². The Morgan fingerprint density at radius 2 is 1.74 bits per heavy atom. The molecule has 0 bridgehead atoms. The number of benzene rings is 2. The zero-order valence-corrected chi connectivity index (χ0v) is 23.4. The Kier molecular flexibility index (Phi) is 8.70. The number of hydrogen-bond acceptors (Lipinski definition) is 5. The van der Waals surface area contributed by atoms with E-state index >= 15 is 0 Å². The molecule has 3 aromatic rings. The molecule has 7 nitrogen and oxygen atoms in total. The minimum absolute atomic E-state index is 0.0631. The number of carbonyl (C=O) groups is 3. The van der Waals surface area contributed by atoms with Gasteiger partial charge in [0.2, 0.25) is 0 Å². The molecule has 3 rings (SSSR count). The van der Waals surface area contributed by atoms with Crippen molar-refractivity contribution >= 4 is 28.6 Å². The van der Waals surface area contributed by atoms with Crippen LogP contribution >= 0.6 is 0 Å². The van der Waals surface area contributed by atoms with E-state index in [-0.39, 0.29) is 12.4 Å². The molecule has 204 valence electrons. The first-order chi connectivity index (χ1) is 17.7. The molecule has 0 aliphatic rings. The lowest BCUT2D eigenvalue weighted by atomic mass is 9.90. The summed E-state index contributed by atoms with van der Waals surface area (Å²) < 4.78 is 11.8. The number of carbonyl (C=O) groups excluding carboxylic acids is 2. The van der Waals surface area contributed by atoms with Crippen LogP contribution in [0.25, 0.3) is 11.0 Å². The predicted molar refractivity (Wildman–Crippen MR) is 148 cm³/mol. The van der Waals surface area contributed by atoms with Crippen LogP contribution in [0.15, 0.2) is 46.9 Å². The molecule has 0 fully saturated rings. The Morgan fingerprint density at radius 3 is 2.34 bits per heavy atom. The van der Waals surface area contributed by atoms with E-state index in [9.17, 15) is 19.5 Å². The van der Waals surface area contributed by atoms with E-state index in [0.717, 1.165) is 41.7 Å². The number of aryl methyl sites for hydroxylation is 2. The Morgan fingerprint density at radius 1 is 1.03 bits per heavy atom. The lowest BCUT2D eigenvalue weighted by Crippen LogP contribution is -2.49. The number of nitrogens with one attached hydrogen (secondary N) is 1. The van der Waals surface area contributed by atoms with Gasteiger partial charge in [0.15, 0.2) is 5.78 Å². The van der Waals surface area contributed by atoms with Gasteiger partial charge in [0.1, 0.15) is 29.2 Å². The average molecular weight is 522 g/mol. The van der Waals surface area contributed by atoms with Gasteiger partial charge in [0, 0.05) is 22.8 Å². The Hall–Kier alpha value is -3.61. The van der Waals surface area contributed by atoms with Crippen molar-refractivity contribution in [1.82, 2.24) is 5.32 Å². The molecule has 1 atom stereocenters. The van der Waals surface area contributed by atoms with E-state index in [2.05, 4.69) is 24.4 Å². The summed E-state index contributed by atoms with van der Waals surface area (Å²) in [6.07, 6.45) is 2.59. The van der Waals surface area contributed by atoms with Crippen LogP contribution in [0.2, 0.25) is 0 Å². The summed E-state index contributed by atoms with van der Waals surface area (Å²) >= 11 is 0. The van der Waals surface area contributed by atoms with Crippen molar-refractivity contribution in [2.75, 3.05) is 6.61 Å². The molecule has 1 aromatic heterocycles. The standard InChI is InChI=1S/C31H39NO6/c1-8-20(21-10-13-25(19(2)15-21)37-18-27(33)30(3,4)5)9-12-24-17-23-16-22(11-14-26(23)38-24)28(34)32-31(6,7)29(35)36/h10-11,13-17,20H,8-9,12,18H2,1-7H3,(H,32,34)(H,35,36). The van der Waals surface area contributed by atoms with Crippen LogP contribution in [0.5, 0.6) is 5.75 Å². The maximum atomic E-state index is 12.6. The Bertz CT molecular complexity index is 1330. The van der Waals surface area contributed by atoms with E-state index in [0.29, 0.717) is 17.1 Å². The van der Waals surface area contributed by atoms with Gasteiger partial charge in [0.05, 0.1) is 0 Å². The molecule has 0 aliphatic carbocycles. The molecule has 2 aromatic carbocycles. The topological polar surface area (TPSA) is 106 Å². The van der Waals surface area contributed by atoms with Gasteiger partial charge in [0.25, 0.3) is 5.91 Å². The molecular formula is C31H39NO6. The Balaban J connectivity index is 1.66. The second-order valence-electron chi connectivity index (χ2n) is 11.5. The molecule has 7 heteroatoms. The summed E-state index contributed by atoms with van der Waals surface area (Å²) in [5.41, 5.74) is 1.49. The predicted octanol–water partition coefficient (Wildman–Crippen LogP) is 6.45. The zero-order chi connectivity index (χ0) is 28.3. The summed E-state index contributed by atoms with van der Waals surface area (Å²) in [6, 6.07) is 13.2. The number of amides is 1. The summed E-state index contributed by atoms with van der Waals surface area (Å²) in [5, 5.41) is 12.6. The average Bonchev–Trinajstić information content (AvgIpc) is 3.24. The van der Waals surface area contributed by atoms with Crippen molar-refractivity contribution in [2.45, 2.75) is 79.2 Å². The molecule has 1 amide bonds. The van der Waals surface area contributed by atoms with Gasteiger partial charge in [-0.15, -0.1) is 0 Å². The third kappa shape index (κ3) is 7.03. The third-order valence-electron chi connectivity index (χ3n) is 6.89. The minimum atomic E-state index is -1.37. The number of furan rings is 1. The third-order valence-corrected chi connectivity index (χ3v) is 6.89. The molecule has 0 saturated carbocycles. The van der Waals surface area contributed by atoms with Gasteiger partial charge < -0.3 is 19.6 Å². The van der Waals surface area contributed by atoms with E-state index in [1.807, 2.05) is 39.8 Å². The molecule has 0 radical (unpaired) electrons. The smallest absolute Gasteiger partial charge is 0.328 e. The maximum absolute atomic E-state index is 12.6. The van der Waals surface area contributed by atoms with Crippen LogP contribution in [0.1, 0.15) is 87.5 Å². The molecule has 1 heterocycles. The second-order valence-corrected chi connectivity index (χ2v) is 11.5. The highest BCUT2D eigenvalue weighted by atomic mass is 16.5. The van der Waals surface area contributed by atoms with E-state index in [1.165, 1.54) is 19.4 Å². The normalized spacial score (nSPS) is 12.8. The number of hydrogen-bond donors (Lipinski definition) is 2. The van der Waals surface area contributed by atoms with Crippen molar-refractivity contribution in [3.8, 4) is 5.75 Å². The van der Waals surface area contributed by atoms with Crippen LogP contribution in [-0.4, -0.2) is 34.9 Å². The molecule has 1 unspecified atom stereocenters. The molecule has 38 heavy (non-hydrogen) atoms. The summed E-state index contributed by atoms with van der Waals surface area (Å²) in [7, 11) is 0. The molecule has 0 spiro atoms. The number of carboxylic acids is 1. The van der Waals surface area contributed by atoms with Gasteiger partial charge in [-0.2, -0.15) is 0 Å². The lowest BCUT2D eigenvalue weighted by molar-refractivity contribution is -0.143. The largest absolute Gasteiger partial charge is 0.486 e. The van der Waals surface area contributed by atoms with Crippen molar-refractivity contribution < 1.29 is 28.6 Å². The van der Waals surface area contributed by atoms with Crippen LogP contribution in [-0.2, 0) is 16.0 Å². The SMILES string of the molecule is CCC(CCc1cc2cc(C(=O)NC(C)(C)C(=O)O)ccc2o1)c1ccc(OCC(=O)C(C)(C)C)c(C)c1. The first-order valence-corrected chi connectivity index (χ1v) is 13.1. The van der Waals surface area contributed by atoms with Gasteiger partial charge in [-0.3, -0.25) is 9.59 Å². The lowest BCUT2D eigenvalue weighted by Gasteiger charge is -2.20. The zero-order valence-electron chi connectivity index (χ0n) is 23.4. The highest BCUT2D eigenvalue weighted by molar-refractivity contribution is 6.00. The highest BCUT2D eigenvalue weighted by Gasteiger charge is 2.29. The molecule has 0 aliphatic heterocycles. The highest BCUT2D eigenvalue weighted by Crippen LogP contribution is 2.31. The van der Waals surface area contributed by atoms with Gasteiger partial charge in [-0.1, -0.05) is 39.8 Å². The van der Waals surface area contributed by atoms with Crippen molar-refractivity contribution in [3.05, 3.63) is 64.9 Å². The number of Topliss-reactive ketones (excluding diaryl/α,β-unsaturated/α-hetero) is 1. The van der Waals surface area contributed by atoms with Crippen LogP contribution in [0.3, 0.4) is 0 Å². The maximum Gasteiger partial charge on any atom is 0.328 e. The van der Waals surface area contributed by atoms with Gasteiger partial charge in [-0.25, -0.2) is 4.79 Å². The minimum Gasteiger partial charge on any atom is -0.486 e. The van der Waals surface area contributed by atoms with Crippen LogP contribution in [0, 0.1) is 12.3 Å². The first kappa shape index (κ1) is 29.0. The van der Waals surface area contributed by atoms with Crippen LogP contribution in [0.4, 0.5) is 0 Å². The summed E-state index contributed by atoms with van der Waals surface area (Å²) in [6.45, 7) is 12.8. The summed E-state index contributed by atoms with van der Waals surface area (Å²) in [5.74, 6) is 0.404. The molecule has 2 N–H and O–H groups in total. The monoisotopic (exact) mass is 521 g/mol. The number of aliphatic carboxylic acids is 1. The molecular weight excluding hydrogens is 482 g/mol. The Labute approximate surface area is 224 Å². The first-order valence-electron chi connectivity index (χ1n) is 13.1. The van der Waals surface area contributed by atoms with Crippen molar-refractivity contribution in [1.29, 1.82) is 0 Å². The second kappa shape index (κ2) is 11.4. The fourth-order valence-corrected chi connectivity index (χ4v) is 4.14. The summed E-state index contributed by atoms with van der Waals surface area (Å²) in [4.78, 5) is 36.1. The number of ether oxygens (including phenoxy) is 1. The van der Waals surface area contributed by atoms with Crippen molar-refractivity contribution in [2.24, 2.45) is 5.41 Å². The number of ketones is 1. The number of rotatable bonds is 11. The van der Waals surface area contributed by atoms with E-state index in [1.54, 1.807) is 18.2 Å².